The summed E-state index contributed by atoms with van der Waals surface area (Å²) in [6, 6.07) is 2.92. The third kappa shape index (κ3) is 4.23. The highest BCUT2D eigenvalue weighted by Crippen LogP contribution is 2.18. The van der Waals surface area contributed by atoms with Crippen molar-refractivity contribution in [2.24, 2.45) is 0 Å². The standard InChI is InChI=1S/C14H25N3OS/c1-4-15-13(14-10-19-8-7-18-14)9-12-5-6-17(16-12)11(2)3/h5-6,11,13-15H,4,7-10H2,1-3H3. The second-order valence-corrected chi connectivity index (χ2v) is 6.38. The Morgan fingerprint density at radius 2 is 2.42 bits per heavy atom. The van der Waals surface area contributed by atoms with Crippen LogP contribution in [-0.2, 0) is 11.2 Å². The van der Waals surface area contributed by atoms with Crippen LogP contribution in [0.15, 0.2) is 12.3 Å². The van der Waals surface area contributed by atoms with Gasteiger partial charge in [-0.2, -0.15) is 16.9 Å². The third-order valence-corrected chi connectivity index (χ3v) is 4.40. The van der Waals surface area contributed by atoms with Gasteiger partial charge >= 0.3 is 0 Å². The van der Waals surface area contributed by atoms with Gasteiger partial charge in [0.1, 0.15) is 0 Å². The molecule has 0 spiro atoms. The van der Waals surface area contributed by atoms with Crippen LogP contribution < -0.4 is 5.32 Å². The molecule has 1 saturated heterocycles. The maximum Gasteiger partial charge on any atom is 0.0822 e. The zero-order valence-electron chi connectivity index (χ0n) is 12.1. The van der Waals surface area contributed by atoms with Gasteiger partial charge in [-0.1, -0.05) is 6.92 Å². The number of aromatic nitrogens is 2. The summed E-state index contributed by atoms with van der Waals surface area (Å²) in [4.78, 5) is 0. The van der Waals surface area contributed by atoms with Crippen molar-refractivity contribution in [3.05, 3.63) is 18.0 Å². The molecule has 4 nitrogen and oxygen atoms in total. The molecule has 0 aromatic carbocycles. The molecule has 2 rings (SSSR count). The molecule has 0 amide bonds. The molecule has 2 heterocycles. The first-order valence-electron chi connectivity index (χ1n) is 7.17. The van der Waals surface area contributed by atoms with Crippen molar-refractivity contribution in [1.29, 1.82) is 0 Å². The summed E-state index contributed by atoms with van der Waals surface area (Å²) < 4.78 is 7.92. The summed E-state index contributed by atoms with van der Waals surface area (Å²) in [6.07, 6.45) is 3.32. The Kier molecular flexibility index (Phi) is 5.73. The maximum absolute atomic E-state index is 5.90. The van der Waals surface area contributed by atoms with Gasteiger partial charge in [-0.25, -0.2) is 0 Å². The lowest BCUT2D eigenvalue weighted by atomic mass is 10.1. The van der Waals surface area contributed by atoms with Gasteiger partial charge in [-0.15, -0.1) is 0 Å². The Morgan fingerprint density at radius 3 is 3.00 bits per heavy atom. The van der Waals surface area contributed by atoms with Gasteiger partial charge in [0.15, 0.2) is 0 Å². The number of ether oxygens (including phenoxy) is 1. The topological polar surface area (TPSA) is 39.1 Å². The van der Waals surface area contributed by atoms with E-state index in [4.69, 9.17) is 4.74 Å². The molecule has 0 aliphatic carbocycles. The molecule has 5 heteroatoms. The van der Waals surface area contributed by atoms with Crippen molar-refractivity contribution in [3.63, 3.8) is 0 Å². The first kappa shape index (κ1) is 14.9. The number of hydrogen-bond donors (Lipinski definition) is 1. The lowest BCUT2D eigenvalue weighted by Crippen LogP contribution is -2.46. The van der Waals surface area contributed by atoms with E-state index < -0.39 is 0 Å². The molecule has 0 bridgehead atoms. The monoisotopic (exact) mass is 283 g/mol. The lowest BCUT2D eigenvalue weighted by Gasteiger charge is -2.30. The Labute approximate surface area is 120 Å². The van der Waals surface area contributed by atoms with Crippen LogP contribution in [0.3, 0.4) is 0 Å². The van der Waals surface area contributed by atoms with Crippen molar-refractivity contribution >= 4 is 11.8 Å². The van der Waals surface area contributed by atoms with Gasteiger partial charge in [-0.05, 0) is 26.5 Å². The average molecular weight is 283 g/mol. The molecule has 108 valence electrons. The van der Waals surface area contributed by atoms with Crippen LogP contribution in [0.4, 0.5) is 0 Å². The Bertz CT molecular complexity index is 375. The van der Waals surface area contributed by atoms with E-state index in [2.05, 4.69) is 43.4 Å². The summed E-state index contributed by atoms with van der Waals surface area (Å²) in [7, 11) is 0. The number of likely N-dealkylation sites (N-methyl/N-ethyl adjacent to an activating group) is 1. The summed E-state index contributed by atoms with van der Waals surface area (Å²) in [5.41, 5.74) is 1.15. The van der Waals surface area contributed by atoms with Crippen molar-refractivity contribution in [3.8, 4) is 0 Å². The highest BCUT2D eigenvalue weighted by molar-refractivity contribution is 7.99. The molecule has 0 radical (unpaired) electrons. The highest BCUT2D eigenvalue weighted by Gasteiger charge is 2.25. The van der Waals surface area contributed by atoms with Crippen LogP contribution in [0.2, 0.25) is 0 Å². The van der Waals surface area contributed by atoms with Gasteiger partial charge in [0.05, 0.1) is 18.4 Å². The van der Waals surface area contributed by atoms with Gasteiger partial charge in [-0.3, -0.25) is 4.68 Å². The molecular weight excluding hydrogens is 258 g/mol. The fourth-order valence-corrected chi connectivity index (χ4v) is 3.28. The minimum Gasteiger partial charge on any atom is -0.375 e. The molecule has 1 N–H and O–H groups in total. The second-order valence-electron chi connectivity index (χ2n) is 5.23. The van der Waals surface area contributed by atoms with E-state index in [9.17, 15) is 0 Å². The van der Waals surface area contributed by atoms with E-state index in [1.54, 1.807) is 0 Å². The minimum absolute atomic E-state index is 0.308. The first-order valence-corrected chi connectivity index (χ1v) is 8.33. The van der Waals surface area contributed by atoms with Crippen LogP contribution >= 0.6 is 11.8 Å². The van der Waals surface area contributed by atoms with Crippen LogP contribution in [-0.4, -0.2) is 46.6 Å². The Hall–Kier alpha value is -0.520. The average Bonchev–Trinajstić information content (AvgIpc) is 2.88. The number of nitrogens with one attached hydrogen (secondary N) is 1. The number of thioether (sulfide) groups is 1. The predicted molar refractivity (Wildman–Crippen MR) is 80.8 cm³/mol. The second kappa shape index (κ2) is 7.31. The normalized spacial score (nSPS) is 21.8. The van der Waals surface area contributed by atoms with E-state index >= 15 is 0 Å². The zero-order chi connectivity index (χ0) is 13.7. The smallest absolute Gasteiger partial charge is 0.0822 e. The van der Waals surface area contributed by atoms with Gasteiger partial charge < -0.3 is 10.1 Å². The number of nitrogens with zero attached hydrogens (tertiary/aromatic N) is 2. The van der Waals surface area contributed by atoms with Gasteiger partial charge in [0.25, 0.3) is 0 Å². The Balaban J connectivity index is 1.98. The zero-order valence-corrected chi connectivity index (χ0v) is 12.9. The van der Waals surface area contributed by atoms with E-state index in [1.807, 2.05) is 16.4 Å². The minimum atomic E-state index is 0.308. The van der Waals surface area contributed by atoms with Crippen molar-refractivity contribution in [2.75, 3.05) is 24.7 Å². The number of hydrogen-bond acceptors (Lipinski definition) is 4. The molecule has 2 unspecified atom stereocenters. The maximum atomic E-state index is 5.90. The molecular formula is C14H25N3OS. The molecule has 19 heavy (non-hydrogen) atoms. The summed E-state index contributed by atoms with van der Waals surface area (Å²) in [5.74, 6) is 2.21. The SMILES string of the molecule is CCNC(Cc1ccn(C(C)C)n1)C1CSCCO1. The predicted octanol–water partition coefficient (Wildman–Crippen LogP) is 2.12. The quantitative estimate of drug-likeness (QED) is 0.868. The molecule has 0 saturated carbocycles. The van der Waals surface area contributed by atoms with Gasteiger partial charge in [0, 0.05) is 36.2 Å². The largest absolute Gasteiger partial charge is 0.375 e. The van der Waals surface area contributed by atoms with Crippen molar-refractivity contribution in [1.82, 2.24) is 15.1 Å². The number of rotatable bonds is 6. The summed E-state index contributed by atoms with van der Waals surface area (Å²) in [5, 5.41) is 8.19. The summed E-state index contributed by atoms with van der Waals surface area (Å²) >= 11 is 1.99. The fourth-order valence-electron chi connectivity index (χ4n) is 2.33. The molecule has 1 aliphatic rings. The van der Waals surface area contributed by atoms with Gasteiger partial charge in [0.2, 0.25) is 0 Å². The molecule has 1 aliphatic heterocycles. The van der Waals surface area contributed by atoms with E-state index in [-0.39, 0.29) is 0 Å². The van der Waals surface area contributed by atoms with E-state index in [0.717, 1.165) is 36.8 Å². The highest BCUT2D eigenvalue weighted by atomic mass is 32.2. The molecule has 1 aromatic rings. The van der Waals surface area contributed by atoms with Crippen LogP contribution in [0.5, 0.6) is 0 Å². The lowest BCUT2D eigenvalue weighted by molar-refractivity contribution is 0.0473. The first-order chi connectivity index (χ1) is 9.20. The van der Waals surface area contributed by atoms with E-state index in [0.29, 0.717) is 18.2 Å². The van der Waals surface area contributed by atoms with Crippen molar-refractivity contribution < 1.29 is 4.74 Å². The fraction of sp³-hybridized carbons (Fsp3) is 0.786. The summed E-state index contributed by atoms with van der Waals surface area (Å²) in [6.45, 7) is 8.30. The Morgan fingerprint density at radius 1 is 1.58 bits per heavy atom. The molecule has 1 aromatic heterocycles. The van der Waals surface area contributed by atoms with Crippen molar-refractivity contribution in [2.45, 2.75) is 45.4 Å². The van der Waals surface area contributed by atoms with Crippen LogP contribution in [0.1, 0.15) is 32.5 Å². The molecule has 1 fully saturated rings. The third-order valence-electron chi connectivity index (χ3n) is 3.38. The van der Waals surface area contributed by atoms with Crippen LogP contribution in [0.25, 0.3) is 0 Å². The van der Waals surface area contributed by atoms with Crippen LogP contribution in [0, 0.1) is 0 Å². The van der Waals surface area contributed by atoms with E-state index in [1.165, 1.54) is 0 Å². The molecule has 2 atom stereocenters.